The maximum Gasteiger partial charge on any atom is 0.307 e. The number of carbonyl (C=O) groups excluding carboxylic acids is 4. The lowest BCUT2D eigenvalue weighted by Gasteiger charge is -2.27. The Labute approximate surface area is 527 Å². The third kappa shape index (κ3) is 64.5. The summed E-state index contributed by atoms with van der Waals surface area (Å²) in [6.07, 6.45) is 57.8. The predicted molar refractivity (Wildman–Crippen MR) is 361 cm³/mol. The lowest BCUT2D eigenvalue weighted by atomic mass is 10.1. The summed E-state index contributed by atoms with van der Waals surface area (Å²) in [5, 5.41) is 0. The number of hydrogen-bond donors (Lipinski definition) is 0. The first kappa shape index (κ1) is 82.7. The summed E-state index contributed by atoms with van der Waals surface area (Å²) in [7, 11) is 4.30. The molecule has 504 valence electrons. The second kappa shape index (κ2) is 67.6. The van der Waals surface area contributed by atoms with E-state index in [1.807, 2.05) is 0 Å². The molecule has 12 heteroatoms. The lowest BCUT2D eigenvalue weighted by molar-refractivity contribution is -0.146. The minimum Gasteiger partial charge on any atom is -0.466 e. The number of hydrogen-bond acceptors (Lipinski definition) is 12. The van der Waals surface area contributed by atoms with Crippen LogP contribution in [0.4, 0.5) is 0 Å². The predicted octanol–water partition coefficient (Wildman–Crippen LogP) is 18.8. The molecule has 0 aliphatic heterocycles. The number of ether oxygens (including phenoxy) is 4. The molecule has 0 rings (SSSR count). The molecule has 0 atom stereocenters. The molecule has 0 saturated carbocycles. The van der Waals surface area contributed by atoms with Crippen molar-refractivity contribution >= 4 is 23.9 Å². The Kier molecular flexibility index (Phi) is 65.8. The second-order valence-corrected chi connectivity index (χ2v) is 25.7. The monoisotopic (exact) mass is 1210 g/mol. The highest BCUT2D eigenvalue weighted by Crippen LogP contribution is 2.16. The van der Waals surface area contributed by atoms with E-state index in [0.717, 1.165) is 97.1 Å². The van der Waals surface area contributed by atoms with Crippen molar-refractivity contribution in [2.24, 2.45) is 0 Å². The average Bonchev–Trinajstić information content (AvgIpc) is 3.53. The Balaban J connectivity index is 5.05. The molecular formula is C73H144N4O8. The van der Waals surface area contributed by atoms with Crippen molar-refractivity contribution in [3.05, 3.63) is 0 Å². The van der Waals surface area contributed by atoms with E-state index in [-0.39, 0.29) is 23.9 Å². The Morgan fingerprint density at radius 1 is 0.212 bits per heavy atom. The van der Waals surface area contributed by atoms with Crippen LogP contribution in [0.5, 0.6) is 0 Å². The van der Waals surface area contributed by atoms with E-state index >= 15 is 0 Å². The molecule has 0 spiro atoms. The van der Waals surface area contributed by atoms with Crippen molar-refractivity contribution in [1.29, 1.82) is 0 Å². The van der Waals surface area contributed by atoms with Crippen molar-refractivity contribution in [3.63, 3.8) is 0 Å². The number of esters is 4. The van der Waals surface area contributed by atoms with Crippen LogP contribution in [0.25, 0.3) is 0 Å². The fraction of sp³-hybridized carbons (Fsp3) is 0.945. The molecule has 0 radical (unpaired) electrons. The third-order valence-corrected chi connectivity index (χ3v) is 17.2. The second-order valence-electron chi connectivity index (χ2n) is 25.7. The van der Waals surface area contributed by atoms with E-state index in [2.05, 4.69) is 61.4 Å². The highest BCUT2D eigenvalue weighted by molar-refractivity contribution is 5.71. The number of unbranched alkanes of at least 4 members (excludes halogenated alkanes) is 40. The third-order valence-electron chi connectivity index (χ3n) is 17.2. The van der Waals surface area contributed by atoms with Crippen LogP contribution in [0.3, 0.4) is 0 Å². The van der Waals surface area contributed by atoms with Gasteiger partial charge in [0, 0.05) is 52.4 Å². The van der Waals surface area contributed by atoms with Gasteiger partial charge in [-0.3, -0.25) is 19.2 Å². The maximum atomic E-state index is 12.9. The van der Waals surface area contributed by atoms with Crippen LogP contribution in [-0.2, 0) is 38.1 Å². The molecule has 0 heterocycles. The maximum absolute atomic E-state index is 12.9. The highest BCUT2D eigenvalue weighted by Gasteiger charge is 2.16. The first-order valence-electron chi connectivity index (χ1n) is 37.1. The topological polar surface area (TPSA) is 118 Å². The Bertz CT molecular complexity index is 1230. The fourth-order valence-electron chi connectivity index (χ4n) is 11.2. The Morgan fingerprint density at radius 2 is 0.388 bits per heavy atom. The SMILES string of the molecule is CCCCCCCCCCCCCOC(=O)CCN(CCC(=O)OCCCCCCCCCCCCC)CCN(C)CCCN(C)CCN(CCC(=O)OCCCCCCCCCCCCC)CCC(=O)OCCCCCCCCCCCCC. The molecule has 0 aromatic heterocycles. The van der Waals surface area contributed by atoms with E-state index in [1.165, 1.54) is 231 Å². The average molecular weight is 1210 g/mol. The molecule has 0 amide bonds. The van der Waals surface area contributed by atoms with Gasteiger partial charge < -0.3 is 38.5 Å². The first-order valence-corrected chi connectivity index (χ1v) is 37.1. The van der Waals surface area contributed by atoms with Crippen LogP contribution in [0.2, 0.25) is 0 Å². The van der Waals surface area contributed by atoms with Gasteiger partial charge in [0.05, 0.1) is 52.1 Å². The summed E-state index contributed by atoms with van der Waals surface area (Å²) in [5.74, 6) is -0.627. The van der Waals surface area contributed by atoms with Gasteiger partial charge in [-0.15, -0.1) is 0 Å². The van der Waals surface area contributed by atoms with E-state index in [0.29, 0.717) is 78.3 Å². The van der Waals surface area contributed by atoms with E-state index in [4.69, 9.17) is 18.9 Å². The molecular weight excluding hydrogens is 1060 g/mol. The molecule has 0 aliphatic carbocycles. The normalized spacial score (nSPS) is 11.7. The van der Waals surface area contributed by atoms with Crippen LogP contribution >= 0.6 is 0 Å². The zero-order chi connectivity index (χ0) is 62.0. The molecule has 0 N–H and O–H groups in total. The quantitative estimate of drug-likeness (QED) is 0.0328. The smallest absolute Gasteiger partial charge is 0.307 e. The minimum absolute atomic E-state index is 0.157. The number of likely N-dealkylation sites (N-methyl/N-ethyl adjacent to an activating group) is 2. The van der Waals surface area contributed by atoms with Crippen LogP contribution < -0.4 is 0 Å². The molecule has 0 saturated heterocycles. The van der Waals surface area contributed by atoms with Gasteiger partial charge >= 0.3 is 23.9 Å². The van der Waals surface area contributed by atoms with Gasteiger partial charge in [0.2, 0.25) is 0 Å². The summed E-state index contributed by atoms with van der Waals surface area (Å²) in [6, 6.07) is 0. The fourth-order valence-corrected chi connectivity index (χ4v) is 11.2. The number of carbonyl (C=O) groups is 4. The van der Waals surface area contributed by atoms with Crippen molar-refractivity contribution in [1.82, 2.24) is 19.6 Å². The molecule has 0 fully saturated rings. The summed E-state index contributed by atoms with van der Waals surface area (Å²) in [4.78, 5) is 60.8. The van der Waals surface area contributed by atoms with Gasteiger partial charge in [-0.25, -0.2) is 0 Å². The van der Waals surface area contributed by atoms with Crippen molar-refractivity contribution in [3.8, 4) is 0 Å². The van der Waals surface area contributed by atoms with Gasteiger partial charge in [-0.1, -0.05) is 285 Å². The summed E-state index contributed by atoms with van der Waals surface area (Å²) < 4.78 is 22.7. The molecule has 0 aromatic carbocycles. The van der Waals surface area contributed by atoms with E-state index in [1.54, 1.807) is 0 Å². The molecule has 0 aliphatic rings. The van der Waals surface area contributed by atoms with Crippen LogP contribution in [0, 0.1) is 0 Å². The van der Waals surface area contributed by atoms with Crippen LogP contribution in [-0.4, -0.2) is 149 Å². The van der Waals surface area contributed by atoms with Crippen LogP contribution in [0.15, 0.2) is 0 Å². The van der Waals surface area contributed by atoms with Gasteiger partial charge in [0.1, 0.15) is 0 Å². The van der Waals surface area contributed by atoms with Gasteiger partial charge in [0.25, 0.3) is 0 Å². The number of rotatable bonds is 70. The van der Waals surface area contributed by atoms with Crippen molar-refractivity contribution < 1.29 is 38.1 Å². The molecule has 85 heavy (non-hydrogen) atoms. The lowest BCUT2D eigenvalue weighted by Crippen LogP contribution is -2.38. The largest absolute Gasteiger partial charge is 0.466 e. The summed E-state index contributed by atoms with van der Waals surface area (Å²) >= 11 is 0. The summed E-state index contributed by atoms with van der Waals surface area (Å²) in [6.45, 7) is 18.2. The highest BCUT2D eigenvalue weighted by atomic mass is 16.5. The minimum atomic E-state index is -0.157. The Hall–Kier alpha value is -2.28. The van der Waals surface area contributed by atoms with E-state index in [9.17, 15) is 19.2 Å². The molecule has 12 nitrogen and oxygen atoms in total. The van der Waals surface area contributed by atoms with Gasteiger partial charge in [0.15, 0.2) is 0 Å². The first-order chi connectivity index (χ1) is 41.6. The van der Waals surface area contributed by atoms with Crippen molar-refractivity contribution in [2.45, 2.75) is 342 Å². The molecule has 0 bridgehead atoms. The summed E-state index contributed by atoms with van der Waals surface area (Å²) in [5.41, 5.74) is 0. The van der Waals surface area contributed by atoms with Gasteiger partial charge in [-0.05, 0) is 59.3 Å². The van der Waals surface area contributed by atoms with E-state index < -0.39 is 0 Å². The zero-order valence-corrected chi connectivity index (χ0v) is 57.6. The van der Waals surface area contributed by atoms with Crippen molar-refractivity contribution in [2.75, 3.05) is 106 Å². The van der Waals surface area contributed by atoms with Gasteiger partial charge in [-0.2, -0.15) is 0 Å². The molecule has 0 aromatic rings. The molecule has 0 unspecified atom stereocenters. The number of nitrogens with zero attached hydrogens (tertiary/aromatic N) is 4. The standard InChI is InChI=1S/C73H144N4O8/c1-7-11-15-19-23-27-31-35-39-43-47-66-82-70(78)52-58-76(59-53-71(79)83-67-48-44-40-36-32-28-24-20-16-12-8-2)64-62-74(5)56-51-57-75(6)63-65-77(60-54-72(80)84-68-49-45-41-37-33-29-25-21-17-13-9-3)61-55-73(81)85-69-50-46-42-38-34-30-26-22-18-14-10-4/h7-69H2,1-6H3. The van der Waals surface area contributed by atoms with Crippen LogP contribution in [0.1, 0.15) is 342 Å². The zero-order valence-electron chi connectivity index (χ0n) is 57.6. The Morgan fingerprint density at radius 3 is 0.576 bits per heavy atom.